The summed E-state index contributed by atoms with van der Waals surface area (Å²) < 4.78 is 26.9. The summed E-state index contributed by atoms with van der Waals surface area (Å²) in [6.45, 7) is 3.02. The maximum absolute atomic E-state index is 12.1. The van der Waals surface area contributed by atoms with Crippen LogP contribution in [0.25, 0.3) is 10.9 Å². The van der Waals surface area contributed by atoms with Gasteiger partial charge in [0.15, 0.2) is 0 Å². The zero-order chi connectivity index (χ0) is 17.2. The van der Waals surface area contributed by atoms with Crippen LogP contribution in [-0.2, 0) is 10.0 Å². The van der Waals surface area contributed by atoms with Gasteiger partial charge in [0.2, 0.25) is 10.0 Å². The van der Waals surface area contributed by atoms with Crippen molar-refractivity contribution in [3.63, 3.8) is 0 Å². The standard InChI is InChI=1S/C16H21BrN4O2S/c1-2-9-24(22,23)21-7-5-13(6-8-21)20-16-14-10-12(17)3-4-15(14)18-11-19-16/h3-4,10-11,13H,2,5-9H2,1H3,(H,18,19,20). The number of nitrogens with one attached hydrogen (secondary N) is 1. The highest BCUT2D eigenvalue weighted by Crippen LogP contribution is 2.25. The molecule has 2 heterocycles. The summed E-state index contributed by atoms with van der Waals surface area (Å²) in [5.74, 6) is 1.03. The molecule has 0 unspecified atom stereocenters. The quantitative estimate of drug-likeness (QED) is 0.816. The maximum atomic E-state index is 12.1. The van der Waals surface area contributed by atoms with Gasteiger partial charge in [-0.3, -0.25) is 0 Å². The molecule has 1 saturated heterocycles. The Morgan fingerprint density at radius 1 is 1.29 bits per heavy atom. The molecule has 1 aromatic heterocycles. The largest absolute Gasteiger partial charge is 0.367 e. The molecule has 1 aliphatic rings. The molecule has 1 N–H and O–H groups in total. The number of nitrogens with zero attached hydrogens (tertiary/aromatic N) is 3. The molecule has 1 fully saturated rings. The van der Waals surface area contributed by atoms with Crippen molar-refractivity contribution in [3.05, 3.63) is 29.0 Å². The van der Waals surface area contributed by atoms with Crippen molar-refractivity contribution in [3.8, 4) is 0 Å². The van der Waals surface area contributed by atoms with Crippen molar-refractivity contribution >= 4 is 42.7 Å². The zero-order valence-electron chi connectivity index (χ0n) is 13.6. The minimum atomic E-state index is -3.10. The van der Waals surface area contributed by atoms with E-state index in [0.29, 0.717) is 19.5 Å². The fourth-order valence-electron chi connectivity index (χ4n) is 3.00. The molecule has 1 aliphatic heterocycles. The number of sulfonamides is 1. The van der Waals surface area contributed by atoms with Gasteiger partial charge in [0.1, 0.15) is 12.1 Å². The second kappa shape index (κ2) is 7.33. The van der Waals surface area contributed by atoms with E-state index in [1.165, 1.54) is 0 Å². The number of rotatable bonds is 5. The number of hydrogen-bond acceptors (Lipinski definition) is 5. The molecule has 0 saturated carbocycles. The Kier molecular flexibility index (Phi) is 5.36. The number of anilines is 1. The van der Waals surface area contributed by atoms with Gasteiger partial charge in [-0.2, -0.15) is 0 Å². The van der Waals surface area contributed by atoms with Crippen molar-refractivity contribution in [1.29, 1.82) is 0 Å². The molecule has 0 spiro atoms. The Bertz CT molecular complexity index is 820. The second-order valence-electron chi connectivity index (χ2n) is 6.02. The van der Waals surface area contributed by atoms with Crippen LogP contribution in [0.4, 0.5) is 5.82 Å². The van der Waals surface area contributed by atoms with Gasteiger partial charge in [-0.1, -0.05) is 22.9 Å². The zero-order valence-corrected chi connectivity index (χ0v) is 16.0. The first kappa shape index (κ1) is 17.6. The summed E-state index contributed by atoms with van der Waals surface area (Å²) in [6.07, 6.45) is 3.77. The Morgan fingerprint density at radius 3 is 2.75 bits per heavy atom. The Morgan fingerprint density at radius 2 is 2.04 bits per heavy atom. The Hall–Kier alpha value is -1.25. The van der Waals surface area contributed by atoms with Crippen LogP contribution in [0.15, 0.2) is 29.0 Å². The number of piperidine rings is 1. The molecule has 24 heavy (non-hydrogen) atoms. The summed E-state index contributed by atoms with van der Waals surface area (Å²) in [5, 5.41) is 4.43. The van der Waals surface area contributed by atoms with E-state index in [1.807, 2.05) is 25.1 Å². The van der Waals surface area contributed by atoms with Crippen LogP contribution >= 0.6 is 15.9 Å². The third-order valence-electron chi connectivity index (χ3n) is 4.25. The number of fused-ring (bicyclic) bond motifs is 1. The van der Waals surface area contributed by atoms with E-state index in [0.717, 1.165) is 34.0 Å². The smallest absolute Gasteiger partial charge is 0.214 e. The number of aromatic nitrogens is 2. The average Bonchev–Trinajstić information content (AvgIpc) is 2.56. The topological polar surface area (TPSA) is 75.2 Å². The normalized spacial score (nSPS) is 17.2. The molecule has 3 rings (SSSR count). The number of benzene rings is 1. The average molecular weight is 413 g/mol. The molecule has 1 aromatic carbocycles. The Labute approximate surface area is 150 Å². The first-order valence-electron chi connectivity index (χ1n) is 8.14. The molecule has 0 amide bonds. The summed E-state index contributed by atoms with van der Waals surface area (Å²) in [6, 6.07) is 6.12. The van der Waals surface area contributed by atoms with Gasteiger partial charge in [0.05, 0.1) is 11.3 Å². The van der Waals surface area contributed by atoms with Crippen molar-refractivity contribution in [2.24, 2.45) is 0 Å². The van der Waals surface area contributed by atoms with Gasteiger partial charge in [0, 0.05) is 29.0 Å². The van der Waals surface area contributed by atoms with E-state index >= 15 is 0 Å². The summed E-state index contributed by atoms with van der Waals surface area (Å²) in [7, 11) is -3.10. The maximum Gasteiger partial charge on any atom is 0.214 e. The SMILES string of the molecule is CCCS(=O)(=O)N1CCC(Nc2ncnc3ccc(Br)cc23)CC1. The number of hydrogen-bond donors (Lipinski definition) is 1. The summed E-state index contributed by atoms with van der Waals surface area (Å²) in [5.41, 5.74) is 0.888. The lowest BCUT2D eigenvalue weighted by atomic mass is 10.1. The molecule has 0 radical (unpaired) electrons. The minimum Gasteiger partial charge on any atom is -0.367 e. The van der Waals surface area contributed by atoms with Gasteiger partial charge < -0.3 is 5.32 Å². The highest BCUT2D eigenvalue weighted by atomic mass is 79.9. The van der Waals surface area contributed by atoms with Gasteiger partial charge in [-0.25, -0.2) is 22.7 Å². The van der Waals surface area contributed by atoms with Crippen LogP contribution in [0.2, 0.25) is 0 Å². The van der Waals surface area contributed by atoms with Crippen LogP contribution < -0.4 is 5.32 Å². The molecule has 2 aromatic rings. The summed E-state index contributed by atoms with van der Waals surface area (Å²) >= 11 is 3.48. The molecular weight excluding hydrogens is 392 g/mol. The van der Waals surface area contributed by atoms with E-state index in [2.05, 4.69) is 31.2 Å². The van der Waals surface area contributed by atoms with E-state index in [1.54, 1.807) is 10.6 Å². The van der Waals surface area contributed by atoms with Gasteiger partial charge >= 0.3 is 0 Å². The van der Waals surface area contributed by atoms with E-state index in [9.17, 15) is 8.42 Å². The van der Waals surface area contributed by atoms with Crippen molar-refractivity contribution in [2.75, 3.05) is 24.2 Å². The van der Waals surface area contributed by atoms with Crippen LogP contribution in [0, 0.1) is 0 Å². The van der Waals surface area contributed by atoms with Gasteiger partial charge in [0.25, 0.3) is 0 Å². The molecule has 130 valence electrons. The van der Waals surface area contributed by atoms with Crippen LogP contribution in [0.3, 0.4) is 0 Å². The monoisotopic (exact) mass is 412 g/mol. The van der Waals surface area contributed by atoms with E-state index < -0.39 is 10.0 Å². The second-order valence-corrected chi connectivity index (χ2v) is 9.02. The minimum absolute atomic E-state index is 0.218. The van der Waals surface area contributed by atoms with Gasteiger partial charge in [-0.05, 0) is 37.5 Å². The lowest BCUT2D eigenvalue weighted by Crippen LogP contribution is -2.43. The molecular formula is C16H21BrN4O2S. The molecule has 0 aliphatic carbocycles. The van der Waals surface area contributed by atoms with Crippen LogP contribution in [0.5, 0.6) is 0 Å². The van der Waals surface area contributed by atoms with Crippen LogP contribution in [0.1, 0.15) is 26.2 Å². The highest BCUT2D eigenvalue weighted by molar-refractivity contribution is 9.10. The third kappa shape index (κ3) is 3.87. The van der Waals surface area contributed by atoms with Crippen molar-refractivity contribution < 1.29 is 8.42 Å². The first-order chi connectivity index (χ1) is 11.5. The number of halogens is 1. The van der Waals surface area contributed by atoms with Crippen molar-refractivity contribution in [1.82, 2.24) is 14.3 Å². The van der Waals surface area contributed by atoms with E-state index in [4.69, 9.17) is 0 Å². The van der Waals surface area contributed by atoms with Crippen LogP contribution in [-0.4, -0.2) is 47.6 Å². The Balaban J connectivity index is 1.70. The molecule has 0 bridgehead atoms. The predicted octanol–water partition coefficient (Wildman–Crippen LogP) is 3.01. The predicted molar refractivity (Wildman–Crippen MR) is 99.5 cm³/mol. The lowest BCUT2D eigenvalue weighted by Gasteiger charge is -2.32. The molecule has 0 atom stereocenters. The van der Waals surface area contributed by atoms with Gasteiger partial charge in [-0.15, -0.1) is 0 Å². The van der Waals surface area contributed by atoms with Crippen molar-refractivity contribution in [2.45, 2.75) is 32.2 Å². The van der Waals surface area contributed by atoms with E-state index in [-0.39, 0.29) is 11.8 Å². The highest BCUT2D eigenvalue weighted by Gasteiger charge is 2.27. The molecule has 8 heteroatoms. The first-order valence-corrected chi connectivity index (χ1v) is 10.5. The fourth-order valence-corrected chi connectivity index (χ4v) is 4.90. The fraction of sp³-hybridized carbons (Fsp3) is 0.500. The molecule has 6 nitrogen and oxygen atoms in total. The third-order valence-corrected chi connectivity index (χ3v) is 6.82. The lowest BCUT2D eigenvalue weighted by molar-refractivity contribution is 0.329. The summed E-state index contributed by atoms with van der Waals surface area (Å²) in [4.78, 5) is 8.65.